The number of aromatic nitrogens is 2. The molecule has 2 rings (SSSR count). The van der Waals surface area contributed by atoms with Crippen molar-refractivity contribution in [1.82, 2.24) is 9.55 Å². The largest absolute Gasteiger partial charge is 0.381 e. The van der Waals surface area contributed by atoms with E-state index in [2.05, 4.69) is 10.3 Å². The highest BCUT2D eigenvalue weighted by molar-refractivity contribution is 6.33. The third-order valence-corrected chi connectivity index (χ3v) is 3.27. The number of amides is 1. The standard InChI is InChI=1S/C13H13ClN4O3/c1-8-4-3-5-10(14)13(8)16-12(19)7-17-6-11(18(20)21)15-9(17)2/h3-6H,7H2,1-2H3,(H,16,19). The molecule has 0 aliphatic heterocycles. The number of carbonyl (C=O) groups excluding carboxylic acids is 1. The van der Waals surface area contributed by atoms with E-state index in [1.54, 1.807) is 19.1 Å². The highest BCUT2D eigenvalue weighted by Crippen LogP contribution is 2.25. The molecule has 1 amide bonds. The number of anilines is 1. The molecule has 0 saturated heterocycles. The van der Waals surface area contributed by atoms with Gasteiger partial charge in [-0.1, -0.05) is 23.7 Å². The normalized spacial score (nSPS) is 10.4. The van der Waals surface area contributed by atoms with Crippen LogP contribution in [0.25, 0.3) is 0 Å². The van der Waals surface area contributed by atoms with Crippen LogP contribution in [0.15, 0.2) is 24.4 Å². The third-order valence-electron chi connectivity index (χ3n) is 2.95. The second-order valence-electron chi connectivity index (χ2n) is 4.51. The van der Waals surface area contributed by atoms with Crippen LogP contribution >= 0.6 is 11.6 Å². The van der Waals surface area contributed by atoms with Crippen molar-refractivity contribution in [3.05, 3.63) is 50.9 Å². The van der Waals surface area contributed by atoms with Crippen LogP contribution in [0.5, 0.6) is 0 Å². The van der Waals surface area contributed by atoms with Gasteiger partial charge in [0.1, 0.15) is 12.7 Å². The first-order valence-electron chi connectivity index (χ1n) is 6.11. The van der Waals surface area contributed by atoms with Gasteiger partial charge in [0.05, 0.1) is 10.7 Å². The van der Waals surface area contributed by atoms with Crippen molar-refractivity contribution in [2.45, 2.75) is 20.4 Å². The van der Waals surface area contributed by atoms with E-state index in [0.717, 1.165) is 5.56 Å². The summed E-state index contributed by atoms with van der Waals surface area (Å²) in [7, 11) is 0. The Morgan fingerprint density at radius 1 is 1.48 bits per heavy atom. The van der Waals surface area contributed by atoms with Crippen molar-refractivity contribution in [2.24, 2.45) is 0 Å². The van der Waals surface area contributed by atoms with Crippen LogP contribution in [0, 0.1) is 24.0 Å². The van der Waals surface area contributed by atoms with Gasteiger partial charge in [0.25, 0.3) is 0 Å². The van der Waals surface area contributed by atoms with Gasteiger partial charge in [0.2, 0.25) is 11.7 Å². The molecule has 0 radical (unpaired) electrons. The summed E-state index contributed by atoms with van der Waals surface area (Å²) in [5.74, 6) is -0.219. The molecule has 0 saturated carbocycles. The molecular formula is C13H13ClN4O3. The average Bonchev–Trinajstić information content (AvgIpc) is 2.76. The minimum Gasteiger partial charge on any atom is -0.358 e. The van der Waals surface area contributed by atoms with Crippen LogP contribution in [0.2, 0.25) is 5.02 Å². The minimum atomic E-state index is -0.598. The Bertz CT molecular complexity index is 691. The molecule has 0 aliphatic carbocycles. The smallest absolute Gasteiger partial charge is 0.358 e. The van der Waals surface area contributed by atoms with Crippen LogP contribution in [0.4, 0.5) is 11.5 Å². The number of carbonyl (C=O) groups is 1. The minimum absolute atomic E-state index is 0.0721. The fraction of sp³-hybridized carbons (Fsp3) is 0.231. The number of halogens is 1. The van der Waals surface area contributed by atoms with Gasteiger partial charge in [0.15, 0.2) is 0 Å². The lowest BCUT2D eigenvalue weighted by Crippen LogP contribution is -2.19. The lowest BCUT2D eigenvalue weighted by atomic mass is 10.2. The monoisotopic (exact) mass is 308 g/mol. The van der Waals surface area contributed by atoms with Gasteiger partial charge in [-0.2, -0.15) is 0 Å². The number of hydrogen-bond acceptors (Lipinski definition) is 4. The molecular weight excluding hydrogens is 296 g/mol. The molecule has 0 fully saturated rings. The number of nitrogens with zero attached hydrogens (tertiary/aromatic N) is 3. The highest BCUT2D eigenvalue weighted by Gasteiger charge is 2.17. The molecule has 1 heterocycles. The Morgan fingerprint density at radius 2 is 2.19 bits per heavy atom. The summed E-state index contributed by atoms with van der Waals surface area (Å²) in [5, 5.41) is 13.8. The van der Waals surface area contributed by atoms with E-state index >= 15 is 0 Å². The number of rotatable bonds is 4. The first-order valence-corrected chi connectivity index (χ1v) is 6.49. The molecule has 0 aliphatic rings. The van der Waals surface area contributed by atoms with Crippen LogP contribution in [0.3, 0.4) is 0 Å². The van der Waals surface area contributed by atoms with Gasteiger partial charge in [-0.15, -0.1) is 0 Å². The number of aryl methyl sites for hydroxylation is 2. The zero-order valence-electron chi connectivity index (χ0n) is 11.5. The van der Waals surface area contributed by atoms with Crippen molar-refractivity contribution in [3.63, 3.8) is 0 Å². The van der Waals surface area contributed by atoms with Crippen LogP contribution in [0.1, 0.15) is 11.4 Å². The quantitative estimate of drug-likeness (QED) is 0.694. The number of imidazole rings is 1. The predicted octanol–water partition coefficient (Wildman–Crippen LogP) is 2.70. The number of para-hydroxylation sites is 1. The van der Waals surface area contributed by atoms with E-state index in [0.29, 0.717) is 16.5 Å². The van der Waals surface area contributed by atoms with Crippen LogP contribution < -0.4 is 5.32 Å². The lowest BCUT2D eigenvalue weighted by molar-refractivity contribution is -0.389. The summed E-state index contributed by atoms with van der Waals surface area (Å²) < 4.78 is 1.42. The molecule has 1 aromatic carbocycles. The maximum atomic E-state index is 12.0. The van der Waals surface area contributed by atoms with Gasteiger partial charge in [-0.05, 0) is 28.5 Å². The Hall–Kier alpha value is -2.41. The van der Waals surface area contributed by atoms with Crippen molar-refractivity contribution in [2.75, 3.05) is 5.32 Å². The Balaban J connectivity index is 2.14. The second-order valence-corrected chi connectivity index (χ2v) is 4.92. The third kappa shape index (κ3) is 3.38. The van der Waals surface area contributed by atoms with Crippen LogP contribution in [-0.4, -0.2) is 20.4 Å². The summed E-state index contributed by atoms with van der Waals surface area (Å²) in [5.41, 5.74) is 1.38. The van der Waals surface area contributed by atoms with Gasteiger partial charge < -0.3 is 15.4 Å². The molecule has 7 nitrogen and oxygen atoms in total. The SMILES string of the molecule is Cc1cccc(Cl)c1NC(=O)Cn1cc([N+](=O)[O-])nc1C. The molecule has 0 spiro atoms. The summed E-state index contributed by atoms with van der Waals surface area (Å²) in [4.78, 5) is 25.8. The molecule has 8 heteroatoms. The van der Waals surface area contributed by atoms with Crippen molar-refractivity contribution < 1.29 is 9.72 Å². The van der Waals surface area contributed by atoms with Gasteiger partial charge in [-0.25, -0.2) is 0 Å². The van der Waals surface area contributed by atoms with Gasteiger partial charge in [0, 0.05) is 6.92 Å². The maximum absolute atomic E-state index is 12.0. The highest BCUT2D eigenvalue weighted by atomic mass is 35.5. The molecule has 1 aromatic heterocycles. The van der Waals surface area contributed by atoms with Gasteiger partial charge in [-0.3, -0.25) is 9.36 Å². The van der Waals surface area contributed by atoms with Crippen molar-refractivity contribution in [3.8, 4) is 0 Å². The summed E-state index contributed by atoms with van der Waals surface area (Å²) in [6.45, 7) is 3.35. The lowest BCUT2D eigenvalue weighted by Gasteiger charge is -2.10. The first kappa shape index (κ1) is 15.0. The van der Waals surface area contributed by atoms with Crippen molar-refractivity contribution >= 4 is 29.0 Å². The molecule has 110 valence electrons. The van der Waals surface area contributed by atoms with Crippen LogP contribution in [-0.2, 0) is 11.3 Å². The molecule has 21 heavy (non-hydrogen) atoms. The number of hydrogen-bond donors (Lipinski definition) is 1. The molecule has 1 N–H and O–H groups in total. The van der Waals surface area contributed by atoms with E-state index < -0.39 is 4.92 Å². The fourth-order valence-corrected chi connectivity index (χ4v) is 2.13. The van der Waals surface area contributed by atoms with E-state index in [4.69, 9.17) is 11.6 Å². The Labute approximate surface area is 125 Å². The molecule has 2 aromatic rings. The Kier molecular flexibility index (Phi) is 4.23. The average molecular weight is 309 g/mol. The summed E-state index contributed by atoms with van der Waals surface area (Å²) in [6, 6.07) is 5.29. The summed E-state index contributed by atoms with van der Waals surface area (Å²) >= 11 is 6.03. The first-order chi connectivity index (χ1) is 9.88. The summed E-state index contributed by atoms with van der Waals surface area (Å²) in [6.07, 6.45) is 1.23. The zero-order chi connectivity index (χ0) is 15.6. The van der Waals surface area contributed by atoms with Crippen molar-refractivity contribution in [1.29, 1.82) is 0 Å². The predicted molar refractivity (Wildman–Crippen MR) is 78.4 cm³/mol. The fourth-order valence-electron chi connectivity index (χ4n) is 1.86. The van der Waals surface area contributed by atoms with E-state index in [9.17, 15) is 14.9 Å². The topological polar surface area (TPSA) is 90.1 Å². The van der Waals surface area contributed by atoms with Gasteiger partial charge >= 0.3 is 5.82 Å². The molecule has 0 unspecified atom stereocenters. The van der Waals surface area contributed by atoms with E-state index in [-0.39, 0.29) is 18.3 Å². The number of nitrogens with one attached hydrogen (secondary N) is 1. The Morgan fingerprint density at radius 3 is 2.76 bits per heavy atom. The van der Waals surface area contributed by atoms with E-state index in [1.165, 1.54) is 10.8 Å². The number of nitro groups is 1. The van der Waals surface area contributed by atoms with E-state index in [1.807, 2.05) is 13.0 Å². The number of benzene rings is 1. The maximum Gasteiger partial charge on any atom is 0.381 e. The molecule has 0 atom stereocenters. The molecule has 0 bridgehead atoms. The zero-order valence-corrected chi connectivity index (χ0v) is 12.2. The second kappa shape index (κ2) is 5.92.